The van der Waals surface area contributed by atoms with Crippen LogP contribution in [0.5, 0.6) is 0 Å². The van der Waals surface area contributed by atoms with Crippen molar-refractivity contribution < 1.29 is 4.79 Å². The van der Waals surface area contributed by atoms with E-state index in [4.69, 9.17) is 0 Å². The maximum Gasteiger partial charge on any atom is 0.151 e. The van der Waals surface area contributed by atoms with Gasteiger partial charge in [0.1, 0.15) is 0 Å². The van der Waals surface area contributed by atoms with Gasteiger partial charge in [0.2, 0.25) is 0 Å². The van der Waals surface area contributed by atoms with Gasteiger partial charge in [-0.1, -0.05) is 55.0 Å². The molecule has 0 aliphatic heterocycles. The Morgan fingerprint density at radius 1 is 1.14 bits per heavy atom. The lowest BCUT2D eigenvalue weighted by Gasteiger charge is -2.13. The molecule has 0 radical (unpaired) electrons. The summed E-state index contributed by atoms with van der Waals surface area (Å²) in [4.78, 5) is 11.0. The lowest BCUT2D eigenvalue weighted by molar-refractivity contribution is 0.112. The van der Waals surface area contributed by atoms with E-state index >= 15 is 0 Å². The third-order valence-electron chi connectivity index (χ3n) is 4.08. The molecule has 5 nitrogen and oxygen atoms in total. The second-order valence-corrected chi connectivity index (χ2v) is 6.23. The summed E-state index contributed by atoms with van der Waals surface area (Å²) in [6, 6.07) is 8.37. The zero-order valence-corrected chi connectivity index (χ0v) is 19.0. The van der Waals surface area contributed by atoms with Gasteiger partial charge in [0, 0.05) is 30.2 Å². The van der Waals surface area contributed by atoms with Crippen LogP contribution in [0.2, 0.25) is 0 Å². The quantitative estimate of drug-likeness (QED) is 0.233. The zero-order valence-electron chi connectivity index (χ0n) is 19.0. The molecule has 2 rings (SSSR count). The van der Waals surface area contributed by atoms with Crippen LogP contribution in [0, 0.1) is 20.8 Å². The summed E-state index contributed by atoms with van der Waals surface area (Å²) in [6.07, 6.45) is 8.47. The topological polar surface area (TPSA) is 50.0 Å². The highest BCUT2D eigenvalue weighted by atomic mass is 16.1. The SMILES string of the molecule is C=CC.CC.CN=NN(/C=C/Cn1cc(C=O)c(C)c1C)Cc1ccc(C)cc1. The van der Waals surface area contributed by atoms with Crippen molar-refractivity contribution in [3.63, 3.8) is 0 Å². The molecule has 29 heavy (non-hydrogen) atoms. The van der Waals surface area contributed by atoms with Crippen molar-refractivity contribution in [1.29, 1.82) is 0 Å². The molecule has 1 aromatic heterocycles. The van der Waals surface area contributed by atoms with Crippen LogP contribution in [0.3, 0.4) is 0 Å². The Bertz CT molecular complexity index is 786. The number of allylic oxidation sites excluding steroid dienone is 2. The lowest BCUT2D eigenvalue weighted by Crippen LogP contribution is -2.09. The third-order valence-corrected chi connectivity index (χ3v) is 4.08. The Balaban J connectivity index is 0.00000143. The van der Waals surface area contributed by atoms with Gasteiger partial charge in [0.25, 0.3) is 0 Å². The third kappa shape index (κ3) is 9.19. The van der Waals surface area contributed by atoms with E-state index in [0.717, 1.165) is 23.1 Å². The van der Waals surface area contributed by atoms with E-state index in [9.17, 15) is 4.79 Å². The lowest BCUT2D eigenvalue weighted by atomic mass is 10.1. The number of carbonyl (C=O) groups is 1. The van der Waals surface area contributed by atoms with E-state index in [2.05, 4.69) is 52.7 Å². The molecule has 1 aromatic carbocycles. The minimum absolute atomic E-state index is 0.664. The molecule has 0 aliphatic carbocycles. The fourth-order valence-corrected chi connectivity index (χ4v) is 2.49. The van der Waals surface area contributed by atoms with Gasteiger partial charge in [0.15, 0.2) is 6.29 Å². The maximum absolute atomic E-state index is 11.0. The van der Waals surface area contributed by atoms with Crippen LogP contribution in [0.15, 0.2) is 65.7 Å². The van der Waals surface area contributed by atoms with Crippen LogP contribution in [0.1, 0.15) is 53.5 Å². The summed E-state index contributed by atoms with van der Waals surface area (Å²) in [6.45, 7) is 16.7. The molecule has 0 atom stereocenters. The molecule has 0 saturated carbocycles. The zero-order chi connectivity index (χ0) is 22.2. The highest BCUT2D eigenvalue weighted by molar-refractivity contribution is 5.77. The molecular weight excluding hydrogens is 360 g/mol. The van der Waals surface area contributed by atoms with Crippen molar-refractivity contribution in [2.75, 3.05) is 7.05 Å². The molecule has 0 spiro atoms. The van der Waals surface area contributed by atoms with Gasteiger partial charge in [-0.05, 0) is 44.9 Å². The summed E-state index contributed by atoms with van der Waals surface area (Å²) in [5.41, 5.74) is 5.29. The van der Waals surface area contributed by atoms with Gasteiger partial charge in [-0.2, -0.15) is 5.11 Å². The predicted molar refractivity (Wildman–Crippen MR) is 123 cm³/mol. The van der Waals surface area contributed by atoms with Gasteiger partial charge in [0.05, 0.1) is 13.6 Å². The van der Waals surface area contributed by atoms with Gasteiger partial charge < -0.3 is 4.57 Å². The minimum Gasteiger partial charge on any atom is -0.347 e. The molecule has 0 amide bonds. The monoisotopic (exact) mass is 396 g/mol. The number of aryl methyl sites for hydroxylation is 1. The van der Waals surface area contributed by atoms with Crippen LogP contribution >= 0.6 is 0 Å². The van der Waals surface area contributed by atoms with Crippen LogP contribution in [-0.4, -0.2) is 22.9 Å². The summed E-state index contributed by atoms with van der Waals surface area (Å²) in [5, 5.41) is 9.81. The molecule has 0 N–H and O–H groups in total. The van der Waals surface area contributed by atoms with Gasteiger partial charge in [-0.3, -0.25) is 9.80 Å². The molecule has 0 unspecified atom stereocenters. The molecule has 1 heterocycles. The molecular formula is C24H36N4O. The van der Waals surface area contributed by atoms with Crippen molar-refractivity contribution in [3.05, 3.63) is 83.3 Å². The number of aldehydes is 1. The first-order chi connectivity index (χ1) is 14.0. The predicted octanol–water partition coefficient (Wildman–Crippen LogP) is 6.46. The Kier molecular flexibility index (Phi) is 13.5. The van der Waals surface area contributed by atoms with Crippen molar-refractivity contribution in [3.8, 4) is 0 Å². The van der Waals surface area contributed by atoms with Crippen LogP contribution in [-0.2, 0) is 13.1 Å². The second kappa shape index (κ2) is 15.0. The molecule has 5 heteroatoms. The highest BCUT2D eigenvalue weighted by Gasteiger charge is 2.06. The van der Waals surface area contributed by atoms with E-state index in [-0.39, 0.29) is 0 Å². The fraction of sp³-hybridized carbons (Fsp3) is 0.375. The minimum atomic E-state index is 0.664. The molecule has 0 aliphatic rings. The number of nitrogens with zero attached hydrogens (tertiary/aromatic N) is 4. The first kappa shape index (κ1) is 26.1. The van der Waals surface area contributed by atoms with Crippen LogP contribution in [0.25, 0.3) is 0 Å². The molecule has 2 aromatic rings. The first-order valence-corrected chi connectivity index (χ1v) is 9.93. The van der Waals surface area contributed by atoms with Crippen molar-refractivity contribution in [2.45, 2.75) is 54.6 Å². The molecule has 0 bridgehead atoms. The van der Waals surface area contributed by atoms with E-state index in [1.807, 2.05) is 53.1 Å². The van der Waals surface area contributed by atoms with Crippen molar-refractivity contribution in [1.82, 2.24) is 9.58 Å². The summed E-state index contributed by atoms with van der Waals surface area (Å²) in [5.74, 6) is 0. The van der Waals surface area contributed by atoms with Crippen molar-refractivity contribution >= 4 is 6.29 Å². The van der Waals surface area contributed by atoms with Crippen molar-refractivity contribution in [2.24, 2.45) is 10.3 Å². The average molecular weight is 397 g/mol. The van der Waals surface area contributed by atoms with E-state index < -0.39 is 0 Å². The number of hydrogen-bond acceptors (Lipinski definition) is 3. The Labute approximate surface area is 176 Å². The molecule has 0 fully saturated rings. The average Bonchev–Trinajstić information content (AvgIpc) is 3.00. The highest BCUT2D eigenvalue weighted by Crippen LogP contribution is 2.14. The first-order valence-electron chi connectivity index (χ1n) is 9.93. The number of carbonyl (C=O) groups excluding carboxylic acids is 1. The van der Waals surface area contributed by atoms with E-state index in [1.165, 1.54) is 11.1 Å². The van der Waals surface area contributed by atoms with Gasteiger partial charge in [-0.25, -0.2) is 0 Å². The molecule has 158 valence electrons. The molecule has 0 saturated heterocycles. The number of rotatable bonds is 7. The summed E-state index contributed by atoms with van der Waals surface area (Å²) >= 11 is 0. The van der Waals surface area contributed by atoms with Gasteiger partial charge >= 0.3 is 0 Å². The normalized spacial score (nSPS) is 10.2. The van der Waals surface area contributed by atoms with Crippen LogP contribution < -0.4 is 0 Å². The van der Waals surface area contributed by atoms with Gasteiger partial charge in [-0.15, -0.1) is 6.58 Å². The second-order valence-electron chi connectivity index (χ2n) is 6.23. The van der Waals surface area contributed by atoms with E-state index in [0.29, 0.717) is 13.1 Å². The number of aromatic nitrogens is 1. The van der Waals surface area contributed by atoms with E-state index in [1.54, 1.807) is 18.1 Å². The van der Waals surface area contributed by atoms with Crippen LogP contribution in [0.4, 0.5) is 0 Å². The Morgan fingerprint density at radius 3 is 2.21 bits per heavy atom. The standard InChI is InChI=1S/C19H24N4O.C3H6.C2H6/c1-15-6-8-18(9-7-15)12-23(21-20-4)11-5-10-22-13-19(14-24)16(2)17(22)3;1-3-2;1-2/h5-9,11,13-14H,10,12H2,1-4H3;3H,1H2,2H3;1-2H3/b11-5+,21-20?;;. The smallest absolute Gasteiger partial charge is 0.151 e. The largest absolute Gasteiger partial charge is 0.347 e. The summed E-state index contributed by atoms with van der Waals surface area (Å²) in [7, 11) is 1.66. The Morgan fingerprint density at radius 2 is 1.72 bits per heavy atom. The number of hydrogen-bond donors (Lipinski definition) is 0. The summed E-state index contributed by atoms with van der Waals surface area (Å²) < 4.78 is 2.06. The Hall–Kier alpha value is -2.95. The number of benzene rings is 1. The fourth-order valence-electron chi connectivity index (χ4n) is 2.49. The maximum atomic E-state index is 11.0.